The lowest BCUT2D eigenvalue weighted by Crippen LogP contribution is -2.66. The molecule has 248 valence electrons. The third-order valence-electron chi connectivity index (χ3n) is 8.03. The summed E-state index contributed by atoms with van der Waals surface area (Å²) in [6.45, 7) is 5.59. The topological polar surface area (TPSA) is 162 Å². The molecule has 0 aliphatic rings. The molecule has 0 saturated carbocycles. The molecule has 0 heterocycles. The van der Waals surface area contributed by atoms with E-state index >= 15 is 0 Å². The fraction of sp³-hybridized carbons (Fsp3) is 0.909. The van der Waals surface area contributed by atoms with Gasteiger partial charge in [-0.1, -0.05) is 117 Å². The van der Waals surface area contributed by atoms with E-state index in [0.717, 1.165) is 89.9 Å². The van der Waals surface area contributed by atoms with Crippen LogP contribution in [0.4, 0.5) is 0 Å². The molecule has 0 aliphatic heterocycles. The molecule has 9 nitrogen and oxygen atoms in total. The van der Waals surface area contributed by atoms with Crippen molar-refractivity contribution < 1.29 is 44.7 Å². The van der Waals surface area contributed by atoms with E-state index in [1.807, 2.05) is 0 Å². The predicted octanol–water partition coefficient (Wildman–Crippen LogP) is 5.09. The number of hydrogen-bond donors (Lipinski definition) is 5. The molecule has 0 aromatic heterocycles. The van der Waals surface area contributed by atoms with Crippen molar-refractivity contribution in [3.63, 3.8) is 0 Å². The summed E-state index contributed by atoms with van der Waals surface area (Å²) in [6.07, 6.45) is 7.44. The quantitative estimate of drug-likeness (QED) is 0.0580. The van der Waals surface area contributed by atoms with E-state index in [2.05, 4.69) is 20.8 Å². The molecule has 0 radical (unpaired) electrons. The first-order valence-electron chi connectivity index (χ1n) is 16.7. The van der Waals surface area contributed by atoms with Crippen LogP contribution in [0.2, 0.25) is 0 Å². The number of unbranched alkanes of at least 4 members (excludes halogenated alkanes) is 15. The summed E-state index contributed by atoms with van der Waals surface area (Å²) in [7, 11) is 0. The first-order chi connectivity index (χ1) is 20.1. The number of carbonyl (C=O) groups is 3. The summed E-state index contributed by atoms with van der Waals surface area (Å²) in [5.74, 6) is -2.33. The number of aliphatic hydroxyl groups excluding tert-OH is 4. The number of rotatable bonds is 29. The predicted molar refractivity (Wildman–Crippen MR) is 164 cm³/mol. The molecule has 0 aromatic carbocycles. The van der Waals surface area contributed by atoms with Gasteiger partial charge in [-0.15, -0.1) is 0 Å². The number of carbonyl (C=O) groups excluding carboxylic acids is 3. The molecular weight excluding hydrogens is 540 g/mol. The number of aliphatic hydroxyl groups is 5. The van der Waals surface area contributed by atoms with Crippen molar-refractivity contribution in [3.05, 3.63) is 0 Å². The number of hydrogen-bond acceptors (Lipinski definition) is 9. The highest BCUT2D eigenvalue weighted by Gasteiger charge is 2.54. The van der Waals surface area contributed by atoms with E-state index in [9.17, 15) is 39.9 Å². The highest BCUT2D eigenvalue weighted by molar-refractivity contribution is 5.91. The smallest absolute Gasteiger partial charge is 0.305 e. The van der Waals surface area contributed by atoms with Crippen LogP contribution in [-0.2, 0) is 19.1 Å². The lowest BCUT2D eigenvalue weighted by molar-refractivity contribution is -0.207. The summed E-state index contributed by atoms with van der Waals surface area (Å²) in [5.41, 5.74) is -3.02. The Hall–Kier alpha value is -1.39. The minimum absolute atomic E-state index is 0.0548. The first kappa shape index (κ1) is 40.6. The molecule has 5 atom stereocenters. The second-order valence-electron chi connectivity index (χ2n) is 11.9. The van der Waals surface area contributed by atoms with E-state index < -0.39 is 54.2 Å². The van der Waals surface area contributed by atoms with E-state index in [1.54, 1.807) is 0 Å². The van der Waals surface area contributed by atoms with Crippen molar-refractivity contribution in [1.29, 1.82) is 0 Å². The van der Waals surface area contributed by atoms with Crippen LogP contribution in [0.3, 0.4) is 0 Å². The Labute approximate surface area is 254 Å². The summed E-state index contributed by atoms with van der Waals surface area (Å²) >= 11 is 0. The third kappa shape index (κ3) is 16.5. The van der Waals surface area contributed by atoms with E-state index in [4.69, 9.17) is 4.74 Å². The third-order valence-corrected chi connectivity index (χ3v) is 8.03. The van der Waals surface area contributed by atoms with Gasteiger partial charge in [0.25, 0.3) is 0 Å². The summed E-state index contributed by atoms with van der Waals surface area (Å²) in [4.78, 5) is 38.0. The minimum Gasteiger partial charge on any atom is -0.463 e. The number of esters is 1. The zero-order valence-electron chi connectivity index (χ0n) is 26.7. The summed E-state index contributed by atoms with van der Waals surface area (Å²) in [6, 6.07) is 0. The Morgan fingerprint density at radius 3 is 1.45 bits per heavy atom. The zero-order chi connectivity index (χ0) is 31.8. The fourth-order valence-electron chi connectivity index (χ4n) is 5.10. The van der Waals surface area contributed by atoms with Crippen LogP contribution in [0.15, 0.2) is 0 Å². The van der Waals surface area contributed by atoms with Gasteiger partial charge in [-0.3, -0.25) is 14.4 Å². The highest BCUT2D eigenvalue weighted by Crippen LogP contribution is 2.27. The van der Waals surface area contributed by atoms with Crippen LogP contribution in [0.5, 0.6) is 0 Å². The van der Waals surface area contributed by atoms with Crippen molar-refractivity contribution in [2.24, 2.45) is 0 Å². The summed E-state index contributed by atoms with van der Waals surface area (Å²) in [5, 5.41) is 54.4. The van der Waals surface area contributed by atoms with Gasteiger partial charge in [0.1, 0.15) is 31.0 Å². The second kappa shape index (κ2) is 25.0. The molecule has 9 heteroatoms. The van der Waals surface area contributed by atoms with Gasteiger partial charge in [0, 0.05) is 19.3 Å². The lowest BCUT2D eigenvalue weighted by Gasteiger charge is -2.39. The molecule has 1 unspecified atom stereocenters. The van der Waals surface area contributed by atoms with Gasteiger partial charge in [-0.25, -0.2) is 0 Å². The van der Waals surface area contributed by atoms with Crippen LogP contribution < -0.4 is 0 Å². The standard InChI is InChI=1S/C33H62O9/c1-4-7-10-13-16-19-22-26(34)30(38)32(40)33(41,28(36)23-20-17-14-11-8-5-2)31(39)27(35)25-42-29(37)24-21-18-15-12-9-6-3/h27,30-32,35,38-41H,4-25H2,1-3H3/t27-,30?,31-,32+,33+/m1/s1. The average Bonchev–Trinajstić information content (AvgIpc) is 2.99. The number of ketones is 2. The zero-order valence-corrected chi connectivity index (χ0v) is 26.7. The van der Waals surface area contributed by atoms with Crippen molar-refractivity contribution in [2.45, 2.75) is 186 Å². The van der Waals surface area contributed by atoms with Crippen molar-refractivity contribution in [1.82, 2.24) is 0 Å². The largest absolute Gasteiger partial charge is 0.463 e. The number of Topliss-reactive ketones (excluding diaryl/α,β-unsaturated/α-hetero) is 2. The van der Waals surface area contributed by atoms with E-state index in [1.165, 1.54) is 0 Å². The maximum Gasteiger partial charge on any atom is 0.305 e. The number of ether oxygens (including phenoxy) is 1. The summed E-state index contributed by atoms with van der Waals surface area (Å²) < 4.78 is 5.06. The molecule has 0 bridgehead atoms. The van der Waals surface area contributed by atoms with Gasteiger partial charge >= 0.3 is 5.97 Å². The van der Waals surface area contributed by atoms with Crippen molar-refractivity contribution >= 4 is 17.5 Å². The fourth-order valence-corrected chi connectivity index (χ4v) is 5.10. The molecule has 0 amide bonds. The van der Waals surface area contributed by atoms with Gasteiger partial charge in [0.15, 0.2) is 17.2 Å². The van der Waals surface area contributed by atoms with Gasteiger partial charge in [0.05, 0.1) is 0 Å². The van der Waals surface area contributed by atoms with Crippen LogP contribution in [-0.4, -0.2) is 79.7 Å². The van der Waals surface area contributed by atoms with Gasteiger partial charge in [-0.2, -0.15) is 0 Å². The maximum atomic E-state index is 13.2. The Bertz CT molecular complexity index is 714. The Kier molecular flexibility index (Phi) is 24.2. The van der Waals surface area contributed by atoms with Gasteiger partial charge < -0.3 is 30.3 Å². The van der Waals surface area contributed by atoms with Gasteiger partial charge in [0.2, 0.25) is 0 Å². The molecule has 42 heavy (non-hydrogen) atoms. The lowest BCUT2D eigenvalue weighted by atomic mass is 9.78. The minimum atomic E-state index is -3.02. The molecule has 0 fully saturated rings. The molecule has 5 N–H and O–H groups in total. The first-order valence-corrected chi connectivity index (χ1v) is 16.7. The molecular formula is C33H62O9. The van der Waals surface area contributed by atoms with E-state index in [0.29, 0.717) is 25.7 Å². The second-order valence-corrected chi connectivity index (χ2v) is 11.9. The average molecular weight is 603 g/mol. The molecule has 0 aromatic rings. The highest BCUT2D eigenvalue weighted by atomic mass is 16.5. The molecule has 0 aliphatic carbocycles. The van der Waals surface area contributed by atoms with Crippen LogP contribution in [0.25, 0.3) is 0 Å². The van der Waals surface area contributed by atoms with Crippen molar-refractivity contribution in [3.8, 4) is 0 Å². The molecule has 0 rings (SSSR count). The van der Waals surface area contributed by atoms with Gasteiger partial charge in [-0.05, 0) is 19.3 Å². The van der Waals surface area contributed by atoms with Crippen LogP contribution >= 0.6 is 0 Å². The normalized spacial score (nSPS) is 15.9. The SMILES string of the molecule is CCCCCCCCC(=O)OC[C@@H](O)[C@@H](O)[C@@](O)(C(=O)CCCCCCCC)[C@@H](O)C(O)C(=O)CCCCCCCC. The monoisotopic (exact) mass is 602 g/mol. The Balaban J connectivity index is 5.27. The molecule has 0 saturated heterocycles. The van der Waals surface area contributed by atoms with Crippen LogP contribution in [0.1, 0.15) is 156 Å². The maximum absolute atomic E-state index is 13.2. The van der Waals surface area contributed by atoms with Crippen LogP contribution in [0, 0.1) is 0 Å². The molecule has 0 spiro atoms. The Morgan fingerprint density at radius 2 is 0.976 bits per heavy atom. The van der Waals surface area contributed by atoms with Crippen molar-refractivity contribution in [2.75, 3.05) is 6.61 Å². The Morgan fingerprint density at radius 1 is 0.571 bits per heavy atom. The van der Waals surface area contributed by atoms with E-state index in [-0.39, 0.29) is 19.3 Å².